The van der Waals surface area contributed by atoms with E-state index < -0.39 is 6.04 Å². The maximum absolute atomic E-state index is 12.1. The number of carbonyl (C=O) groups is 1. The van der Waals surface area contributed by atoms with E-state index in [1.807, 2.05) is 0 Å². The van der Waals surface area contributed by atoms with Gasteiger partial charge in [-0.3, -0.25) is 4.79 Å². The van der Waals surface area contributed by atoms with Crippen molar-refractivity contribution >= 4 is 18.3 Å². The van der Waals surface area contributed by atoms with Gasteiger partial charge in [0, 0.05) is 7.11 Å². The number of benzene rings is 1. The first-order valence-corrected chi connectivity index (χ1v) is 7.98. The predicted octanol–water partition coefficient (Wildman–Crippen LogP) is 3.09. The summed E-state index contributed by atoms with van der Waals surface area (Å²) in [7, 11) is 1.54. The van der Waals surface area contributed by atoms with Gasteiger partial charge >= 0.3 is 0 Å². The lowest BCUT2D eigenvalue weighted by Gasteiger charge is -2.25. The van der Waals surface area contributed by atoms with Crippen molar-refractivity contribution in [3.05, 3.63) is 35.4 Å². The Morgan fingerprint density at radius 2 is 1.74 bits per heavy atom. The molecule has 0 saturated carbocycles. The van der Waals surface area contributed by atoms with Crippen LogP contribution < -0.4 is 11.1 Å². The molecule has 1 aromatic rings. The fourth-order valence-corrected chi connectivity index (χ4v) is 2.48. The first-order chi connectivity index (χ1) is 10.3. The number of amides is 1. The Labute approximate surface area is 146 Å². The van der Waals surface area contributed by atoms with Crippen molar-refractivity contribution in [3.63, 3.8) is 0 Å². The fraction of sp³-hybridized carbons (Fsp3) is 0.611. The number of nitrogens with two attached hydrogens (primary N) is 1. The minimum Gasteiger partial charge on any atom is -0.383 e. The van der Waals surface area contributed by atoms with Crippen LogP contribution in [0.5, 0.6) is 0 Å². The Hall–Kier alpha value is -1.10. The van der Waals surface area contributed by atoms with Crippen LogP contribution in [0.4, 0.5) is 0 Å². The zero-order valence-corrected chi connectivity index (χ0v) is 15.7. The molecule has 5 heteroatoms. The highest BCUT2D eigenvalue weighted by Gasteiger charge is 2.21. The molecule has 23 heavy (non-hydrogen) atoms. The second-order valence-corrected chi connectivity index (χ2v) is 6.63. The van der Waals surface area contributed by atoms with E-state index in [-0.39, 0.29) is 36.9 Å². The van der Waals surface area contributed by atoms with Gasteiger partial charge in [-0.1, -0.05) is 52.0 Å². The Bertz CT molecular complexity index is 461. The smallest absolute Gasteiger partial charge is 0.239 e. The van der Waals surface area contributed by atoms with Crippen molar-refractivity contribution in [2.75, 3.05) is 13.7 Å². The summed E-state index contributed by atoms with van der Waals surface area (Å²) in [4.78, 5) is 12.1. The number of nitrogens with one attached hydrogen (secondary N) is 1. The molecular weight excluding hydrogens is 312 g/mol. The van der Waals surface area contributed by atoms with Crippen LogP contribution in [-0.2, 0) is 16.0 Å². The summed E-state index contributed by atoms with van der Waals surface area (Å²) in [6.45, 7) is 8.83. The van der Waals surface area contributed by atoms with Crippen molar-refractivity contribution in [2.45, 2.75) is 46.2 Å². The fourth-order valence-electron chi connectivity index (χ4n) is 2.48. The zero-order valence-electron chi connectivity index (χ0n) is 14.8. The van der Waals surface area contributed by atoms with Crippen molar-refractivity contribution in [3.8, 4) is 0 Å². The molecule has 0 aliphatic heterocycles. The molecule has 0 aromatic heterocycles. The lowest BCUT2D eigenvalue weighted by atomic mass is 9.93. The molecule has 2 atom stereocenters. The number of hydrogen-bond acceptors (Lipinski definition) is 3. The van der Waals surface area contributed by atoms with Crippen molar-refractivity contribution in [2.24, 2.45) is 17.6 Å². The second kappa shape index (κ2) is 10.6. The molecule has 0 radical (unpaired) electrons. The van der Waals surface area contributed by atoms with Gasteiger partial charge in [-0.2, -0.15) is 0 Å². The van der Waals surface area contributed by atoms with E-state index in [9.17, 15) is 4.79 Å². The van der Waals surface area contributed by atoms with Crippen LogP contribution in [0.15, 0.2) is 24.3 Å². The van der Waals surface area contributed by atoms with Crippen LogP contribution in [0.2, 0.25) is 0 Å². The topological polar surface area (TPSA) is 64.3 Å². The number of hydrogen-bond donors (Lipinski definition) is 2. The van der Waals surface area contributed by atoms with E-state index in [4.69, 9.17) is 10.5 Å². The minimum atomic E-state index is -0.633. The Kier molecular flexibility index (Phi) is 10.1. The number of ether oxygens (including phenoxy) is 1. The SMILES string of the molecule is COCC(N)C(=O)NC(c1ccc(CC(C)C)cc1)C(C)C.Cl. The molecule has 0 aliphatic rings. The normalized spacial score (nSPS) is 13.6. The lowest BCUT2D eigenvalue weighted by Crippen LogP contribution is -2.45. The summed E-state index contributed by atoms with van der Waals surface area (Å²) >= 11 is 0. The summed E-state index contributed by atoms with van der Waals surface area (Å²) in [5.41, 5.74) is 8.23. The highest BCUT2D eigenvalue weighted by atomic mass is 35.5. The van der Waals surface area contributed by atoms with E-state index in [2.05, 4.69) is 57.3 Å². The van der Waals surface area contributed by atoms with Crippen LogP contribution >= 0.6 is 12.4 Å². The van der Waals surface area contributed by atoms with E-state index >= 15 is 0 Å². The Morgan fingerprint density at radius 3 is 2.17 bits per heavy atom. The minimum absolute atomic E-state index is 0. The number of rotatable bonds is 8. The third-order valence-corrected chi connectivity index (χ3v) is 3.63. The van der Waals surface area contributed by atoms with E-state index in [0.717, 1.165) is 12.0 Å². The van der Waals surface area contributed by atoms with Crippen molar-refractivity contribution < 1.29 is 9.53 Å². The molecule has 0 bridgehead atoms. The molecule has 0 spiro atoms. The standard InChI is InChI=1S/C18H30N2O2.ClH/c1-12(2)10-14-6-8-15(9-7-14)17(13(3)4)20-18(21)16(19)11-22-5;/h6-9,12-13,16-17H,10-11,19H2,1-5H3,(H,20,21);1H. The Balaban J connectivity index is 0.00000484. The molecule has 0 heterocycles. The molecule has 1 aromatic carbocycles. The summed E-state index contributed by atoms with van der Waals surface area (Å²) in [6, 6.07) is 7.82. The summed E-state index contributed by atoms with van der Waals surface area (Å²) < 4.78 is 4.94. The highest BCUT2D eigenvalue weighted by Crippen LogP contribution is 2.22. The molecule has 132 valence electrons. The molecule has 0 saturated heterocycles. The molecule has 4 nitrogen and oxygen atoms in total. The first-order valence-electron chi connectivity index (χ1n) is 7.98. The summed E-state index contributed by atoms with van der Waals surface area (Å²) in [6.07, 6.45) is 1.07. The number of methoxy groups -OCH3 is 1. The largest absolute Gasteiger partial charge is 0.383 e. The van der Waals surface area contributed by atoms with Gasteiger partial charge < -0.3 is 15.8 Å². The van der Waals surface area contributed by atoms with Crippen molar-refractivity contribution in [1.29, 1.82) is 0 Å². The first kappa shape index (κ1) is 21.9. The van der Waals surface area contributed by atoms with E-state index in [0.29, 0.717) is 5.92 Å². The van der Waals surface area contributed by atoms with Gasteiger partial charge in [-0.25, -0.2) is 0 Å². The maximum Gasteiger partial charge on any atom is 0.239 e. The third kappa shape index (κ3) is 7.34. The molecule has 1 amide bonds. The van der Waals surface area contributed by atoms with Crippen LogP contribution in [0.3, 0.4) is 0 Å². The van der Waals surface area contributed by atoms with Gasteiger partial charge in [-0.15, -0.1) is 12.4 Å². The maximum atomic E-state index is 12.1. The highest BCUT2D eigenvalue weighted by molar-refractivity contribution is 5.85. The molecule has 3 N–H and O–H groups in total. The monoisotopic (exact) mass is 342 g/mol. The van der Waals surface area contributed by atoms with Crippen LogP contribution in [-0.4, -0.2) is 25.7 Å². The summed E-state index contributed by atoms with van der Waals surface area (Å²) in [5, 5.41) is 3.03. The summed E-state index contributed by atoms with van der Waals surface area (Å²) in [5.74, 6) is 0.750. The average Bonchev–Trinajstić information content (AvgIpc) is 2.45. The van der Waals surface area contributed by atoms with Gasteiger partial charge in [0.2, 0.25) is 5.91 Å². The zero-order chi connectivity index (χ0) is 16.7. The lowest BCUT2D eigenvalue weighted by molar-refractivity contribution is -0.124. The molecule has 0 fully saturated rings. The van der Waals surface area contributed by atoms with Gasteiger partial charge in [0.05, 0.1) is 12.6 Å². The quantitative estimate of drug-likeness (QED) is 0.763. The number of halogens is 1. The van der Waals surface area contributed by atoms with E-state index in [1.165, 1.54) is 5.56 Å². The van der Waals surface area contributed by atoms with E-state index in [1.54, 1.807) is 7.11 Å². The average molecular weight is 343 g/mol. The molecule has 1 rings (SSSR count). The molecular formula is C18H31ClN2O2. The Morgan fingerprint density at radius 1 is 1.17 bits per heavy atom. The molecule has 2 unspecified atom stereocenters. The predicted molar refractivity (Wildman–Crippen MR) is 97.8 cm³/mol. The van der Waals surface area contributed by atoms with Crippen LogP contribution in [0.25, 0.3) is 0 Å². The van der Waals surface area contributed by atoms with Gasteiger partial charge in [0.25, 0.3) is 0 Å². The third-order valence-electron chi connectivity index (χ3n) is 3.63. The van der Waals surface area contributed by atoms with Gasteiger partial charge in [0.15, 0.2) is 0 Å². The second-order valence-electron chi connectivity index (χ2n) is 6.63. The van der Waals surface area contributed by atoms with Crippen LogP contribution in [0.1, 0.15) is 44.9 Å². The van der Waals surface area contributed by atoms with Crippen LogP contribution in [0, 0.1) is 11.8 Å². The molecule has 0 aliphatic carbocycles. The van der Waals surface area contributed by atoms with Gasteiger partial charge in [0.1, 0.15) is 6.04 Å². The number of carbonyl (C=O) groups excluding carboxylic acids is 1. The van der Waals surface area contributed by atoms with Gasteiger partial charge in [-0.05, 0) is 29.4 Å². The van der Waals surface area contributed by atoms with Crippen molar-refractivity contribution in [1.82, 2.24) is 5.32 Å².